The summed E-state index contributed by atoms with van der Waals surface area (Å²) in [7, 11) is 1.11. The van der Waals surface area contributed by atoms with Gasteiger partial charge < -0.3 is 14.4 Å². The fourth-order valence-electron chi connectivity index (χ4n) is 2.72. The van der Waals surface area contributed by atoms with Crippen molar-refractivity contribution in [2.45, 2.75) is 32.2 Å². The number of alkyl halides is 1. The van der Waals surface area contributed by atoms with Crippen LogP contribution >= 0.6 is 0 Å². The molecule has 2 atom stereocenters. The minimum absolute atomic E-state index is 0.0896. The van der Waals surface area contributed by atoms with Crippen molar-refractivity contribution in [3.8, 4) is 0 Å². The number of ether oxygens (including phenoxy) is 2. The Morgan fingerprint density at radius 2 is 1.96 bits per heavy atom. The van der Waals surface area contributed by atoms with Crippen LogP contribution in [0.5, 0.6) is 0 Å². The number of rotatable bonds is 6. The molecule has 1 aromatic rings. The number of nitrogens with zero attached hydrogens (tertiary/aromatic N) is 2. The first-order valence-corrected chi connectivity index (χ1v) is 8.42. The van der Waals surface area contributed by atoms with E-state index in [1.165, 1.54) is 9.80 Å². The normalized spacial score (nSPS) is 18.4. The highest BCUT2D eigenvalue weighted by molar-refractivity contribution is 5.86. The van der Waals surface area contributed by atoms with Crippen LogP contribution in [0.2, 0.25) is 0 Å². The molecule has 0 aliphatic carbocycles. The third-order valence-corrected chi connectivity index (χ3v) is 4.30. The smallest absolute Gasteiger partial charge is 0.410 e. The molecule has 1 aliphatic rings. The molecule has 7 nitrogen and oxygen atoms in total. The van der Waals surface area contributed by atoms with E-state index in [0.717, 1.165) is 12.7 Å². The third-order valence-electron chi connectivity index (χ3n) is 4.30. The number of esters is 1. The lowest BCUT2D eigenvalue weighted by Gasteiger charge is -2.38. The van der Waals surface area contributed by atoms with Gasteiger partial charge in [0.05, 0.1) is 7.11 Å². The molecule has 1 heterocycles. The van der Waals surface area contributed by atoms with Gasteiger partial charge in [0, 0.05) is 26.1 Å². The zero-order chi connectivity index (χ0) is 19.1. The van der Waals surface area contributed by atoms with Crippen molar-refractivity contribution < 1.29 is 28.2 Å². The van der Waals surface area contributed by atoms with Crippen LogP contribution in [-0.2, 0) is 25.7 Å². The molecule has 2 amide bonds. The van der Waals surface area contributed by atoms with Crippen LogP contribution in [0.25, 0.3) is 0 Å². The van der Waals surface area contributed by atoms with Crippen molar-refractivity contribution in [1.82, 2.24) is 9.80 Å². The molecule has 1 fully saturated rings. The summed E-state index contributed by atoms with van der Waals surface area (Å²) in [5.41, 5.74) is 0.857. The van der Waals surface area contributed by atoms with Gasteiger partial charge in [0.15, 0.2) is 6.17 Å². The maximum absolute atomic E-state index is 13.5. The highest BCUT2D eigenvalue weighted by Gasteiger charge is 2.35. The van der Waals surface area contributed by atoms with Gasteiger partial charge in [-0.1, -0.05) is 30.3 Å². The third kappa shape index (κ3) is 4.93. The van der Waals surface area contributed by atoms with E-state index in [1.54, 1.807) is 6.92 Å². The second-order valence-corrected chi connectivity index (χ2v) is 6.01. The molecular formula is C18H23FN2O5. The highest BCUT2D eigenvalue weighted by Crippen LogP contribution is 2.15. The number of hydrogen-bond donors (Lipinski definition) is 0. The van der Waals surface area contributed by atoms with Crippen molar-refractivity contribution in [1.29, 1.82) is 0 Å². The molecule has 0 spiro atoms. The van der Waals surface area contributed by atoms with E-state index in [4.69, 9.17) is 4.74 Å². The molecule has 0 N–H and O–H groups in total. The van der Waals surface area contributed by atoms with E-state index in [2.05, 4.69) is 4.74 Å². The van der Waals surface area contributed by atoms with E-state index in [1.807, 2.05) is 30.3 Å². The number of piperazine rings is 1. The fourth-order valence-corrected chi connectivity index (χ4v) is 2.72. The summed E-state index contributed by atoms with van der Waals surface area (Å²) in [6.07, 6.45) is -2.46. The van der Waals surface area contributed by atoms with Crippen LogP contribution in [-0.4, -0.2) is 66.7 Å². The van der Waals surface area contributed by atoms with Crippen LogP contribution in [0.3, 0.4) is 0 Å². The van der Waals surface area contributed by atoms with E-state index >= 15 is 0 Å². The van der Waals surface area contributed by atoms with E-state index < -0.39 is 24.3 Å². The average molecular weight is 366 g/mol. The average Bonchev–Trinajstić information content (AvgIpc) is 2.67. The monoisotopic (exact) mass is 366 g/mol. The Labute approximate surface area is 151 Å². The number of amides is 2. The van der Waals surface area contributed by atoms with E-state index in [-0.39, 0.29) is 38.6 Å². The molecule has 1 aromatic carbocycles. The first-order chi connectivity index (χ1) is 12.4. The molecule has 8 heteroatoms. The second-order valence-electron chi connectivity index (χ2n) is 6.01. The van der Waals surface area contributed by atoms with Crippen molar-refractivity contribution in [2.24, 2.45) is 0 Å². The van der Waals surface area contributed by atoms with Crippen molar-refractivity contribution >= 4 is 18.0 Å². The Hall–Kier alpha value is -2.64. The van der Waals surface area contributed by atoms with Gasteiger partial charge in [0.1, 0.15) is 12.6 Å². The first-order valence-electron chi connectivity index (χ1n) is 8.42. The predicted molar refractivity (Wildman–Crippen MR) is 90.9 cm³/mol. The Morgan fingerprint density at radius 1 is 1.27 bits per heavy atom. The van der Waals surface area contributed by atoms with Gasteiger partial charge in [0.25, 0.3) is 0 Å². The lowest BCUT2D eigenvalue weighted by atomic mass is 10.1. The molecule has 2 rings (SSSR count). The van der Waals surface area contributed by atoms with Crippen molar-refractivity contribution in [2.75, 3.05) is 26.7 Å². The number of hydrogen-bond acceptors (Lipinski definition) is 5. The maximum Gasteiger partial charge on any atom is 0.410 e. The minimum Gasteiger partial charge on any atom is -0.467 e. The number of carbonyl (C=O) groups excluding carboxylic acids is 3. The summed E-state index contributed by atoms with van der Waals surface area (Å²) in [6, 6.07) is 8.54. The minimum atomic E-state index is -1.77. The summed E-state index contributed by atoms with van der Waals surface area (Å²) in [6.45, 7) is 2.37. The molecular weight excluding hydrogens is 343 g/mol. The van der Waals surface area contributed by atoms with Crippen LogP contribution in [0.4, 0.5) is 9.18 Å². The number of halogens is 1. The van der Waals surface area contributed by atoms with E-state index in [9.17, 15) is 18.8 Å². The zero-order valence-electron chi connectivity index (χ0n) is 14.9. The molecule has 142 valence electrons. The Bertz CT molecular complexity index is 640. The van der Waals surface area contributed by atoms with Crippen LogP contribution in [0, 0.1) is 0 Å². The summed E-state index contributed by atoms with van der Waals surface area (Å²) in [5.74, 6) is -1.25. The fraction of sp³-hybridized carbons (Fsp3) is 0.500. The number of methoxy groups -OCH3 is 1. The maximum atomic E-state index is 13.5. The number of carbonyl (C=O) groups is 3. The standard InChI is InChI=1S/C18H23FN2O5/c1-13-16(22)20(9-8-15(19)17(23)25-2)10-11-21(13)18(24)26-12-14-6-4-3-5-7-14/h3-7,13,15H,8-12H2,1-2H3/t13-,15+/m0/s1. The molecule has 0 aromatic heterocycles. The zero-order valence-corrected chi connectivity index (χ0v) is 14.9. The molecule has 0 radical (unpaired) electrons. The quantitative estimate of drug-likeness (QED) is 0.717. The Morgan fingerprint density at radius 3 is 2.62 bits per heavy atom. The Kier molecular flexibility index (Phi) is 6.94. The SMILES string of the molecule is COC(=O)[C@H](F)CCN1CCN(C(=O)OCc2ccccc2)[C@@H](C)C1=O. The summed E-state index contributed by atoms with van der Waals surface area (Å²) in [4.78, 5) is 38.5. The van der Waals surface area contributed by atoms with Gasteiger partial charge in [-0.15, -0.1) is 0 Å². The van der Waals surface area contributed by atoms with E-state index in [0.29, 0.717) is 0 Å². The molecule has 0 bridgehead atoms. The summed E-state index contributed by atoms with van der Waals surface area (Å²) >= 11 is 0. The molecule has 26 heavy (non-hydrogen) atoms. The highest BCUT2D eigenvalue weighted by atomic mass is 19.1. The van der Waals surface area contributed by atoms with Crippen LogP contribution in [0.15, 0.2) is 30.3 Å². The second kappa shape index (κ2) is 9.17. The van der Waals surface area contributed by atoms with Gasteiger partial charge in [-0.25, -0.2) is 14.0 Å². The van der Waals surface area contributed by atoms with Gasteiger partial charge in [0.2, 0.25) is 5.91 Å². The summed E-state index contributed by atoms with van der Waals surface area (Å²) < 4.78 is 23.1. The van der Waals surface area contributed by atoms with Gasteiger partial charge >= 0.3 is 12.1 Å². The molecule has 1 aliphatic heterocycles. The van der Waals surface area contributed by atoms with Crippen molar-refractivity contribution in [3.05, 3.63) is 35.9 Å². The summed E-state index contributed by atoms with van der Waals surface area (Å²) in [5, 5.41) is 0. The lowest BCUT2D eigenvalue weighted by Crippen LogP contribution is -2.57. The van der Waals surface area contributed by atoms with Gasteiger partial charge in [-0.3, -0.25) is 9.69 Å². The molecule has 1 saturated heterocycles. The predicted octanol–water partition coefficient (Wildman–Crippen LogP) is 1.76. The Balaban J connectivity index is 1.84. The largest absolute Gasteiger partial charge is 0.467 e. The lowest BCUT2D eigenvalue weighted by molar-refractivity contribution is -0.148. The van der Waals surface area contributed by atoms with Gasteiger partial charge in [-0.2, -0.15) is 0 Å². The van der Waals surface area contributed by atoms with Crippen molar-refractivity contribution in [3.63, 3.8) is 0 Å². The topological polar surface area (TPSA) is 76.2 Å². The first kappa shape index (κ1) is 19.7. The molecule has 0 unspecified atom stereocenters. The van der Waals surface area contributed by atoms with Crippen LogP contribution in [0.1, 0.15) is 18.9 Å². The number of benzene rings is 1. The van der Waals surface area contributed by atoms with Gasteiger partial charge in [-0.05, 0) is 12.5 Å². The molecule has 0 saturated carbocycles. The van der Waals surface area contributed by atoms with Crippen LogP contribution < -0.4 is 0 Å².